The first-order valence-electron chi connectivity index (χ1n) is 10.4. The van der Waals surface area contributed by atoms with Crippen molar-refractivity contribution in [1.29, 1.82) is 0 Å². The Morgan fingerprint density at radius 1 is 1.26 bits per heavy atom. The fourth-order valence-corrected chi connectivity index (χ4v) is 3.96. The molecule has 184 valence electrons. The van der Waals surface area contributed by atoms with E-state index < -0.39 is 28.0 Å². The molecule has 12 heteroatoms. The summed E-state index contributed by atoms with van der Waals surface area (Å²) in [6.45, 7) is 3.79. The van der Waals surface area contributed by atoms with Crippen molar-refractivity contribution in [2.24, 2.45) is 10.1 Å². The van der Waals surface area contributed by atoms with Crippen molar-refractivity contribution in [2.45, 2.75) is 31.3 Å². The first-order chi connectivity index (χ1) is 16.1. The molecule has 2 aromatic rings. The highest BCUT2D eigenvalue weighted by Crippen LogP contribution is 2.26. The molecular weight excluding hydrogens is 487 g/mol. The number of nitrogens with one attached hydrogen (secondary N) is 1. The Balaban J connectivity index is 1.84. The summed E-state index contributed by atoms with van der Waals surface area (Å²) >= 11 is 5.51. The summed E-state index contributed by atoms with van der Waals surface area (Å²) < 4.78 is 48.3. The van der Waals surface area contributed by atoms with Crippen LogP contribution < -0.4 is 15.6 Å². The van der Waals surface area contributed by atoms with Gasteiger partial charge in [0.15, 0.2) is 6.17 Å². The largest absolute Gasteiger partial charge is 0.460 e. The second-order valence-electron chi connectivity index (χ2n) is 7.72. The molecule has 34 heavy (non-hydrogen) atoms. The Morgan fingerprint density at radius 3 is 2.71 bits per heavy atom. The Morgan fingerprint density at radius 2 is 2.03 bits per heavy atom. The minimum absolute atomic E-state index is 0.0516. The number of nitrogens with two attached hydrogens (primary N) is 1. The number of sulfonamides is 1. The zero-order valence-corrected chi connectivity index (χ0v) is 20.3. The third kappa shape index (κ3) is 6.73. The maximum absolute atomic E-state index is 14.9. The third-order valence-corrected chi connectivity index (χ3v) is 6.09. The van der Waals surface area contributed by atoms with Crippen LogP contribution >= 0.6 is 11.6 Å². The molecule has 3 N–H and O–H groups in total. The molecule has 0 saturated heterocycles. The summed E-state index contributed by atoms with van der Waals surface area (Å²) in [7, 11) is -4.06. The molecule has 1 aliphatic heterocycles. The number of benzene rings is 2. The molecule has 1 heterocycles. The van der Waals surface area contributed by atoms with Gasteiger partial charge in [0.1, 0.15) is 24.9 Å². The van der Waals surface area contributed by atoms with Crippen molar-refractivity contribution in [3.8, 4) is 0 Å². The Labute approximate surface area is 202 Å². The monoisotopic (exact) mass is 512 g/mol. The predicted molar refractivity (Wildman–Crippen MR) is 127 cm³/mol. The van der Waals surface area contributed by atoms with Gasteiger partial charge >= 0.3 is 5.97 Å². The van der Waals surface area contributed by atoms with Crippen LogP contribution in [0.4, 0.5) is 10.1 Å². The zero-order valence-electron chi connectivity index (χ0n) is 18.8. The highest BCUT2D eigenvalue weighted by atomic mass is 35.5. The van der Waals surface area contributed by atoms with Crippen LogP contribution in [0.3, 0.4) is 0 Å². The van der Waals surface area contributed by atoms with Gasteiger partial charge in [-0.25, -0.2) is 33.2 Å². The molecule has 0 radical (unpaired) electrons. The number of rotatable bonds is 10. The first-order valence-corrected chi connectivity index (χ1v) is 12.5. The van der Waals surface area contributed by atoms with Gasteiger partial charge in [-0.1, -0.05) is 23.8 Å². The minimum Gasteiger partial charge on any atom is -0.460 e. The lowest BCUT2D eigenvalue weighted by atomic mass is 10.0. The predicted octanol–water partition coefficient (Wildman–Crippen LogP) is 2.18. The van der Waals surface area contributed by atoms with Crippen LogP contribution in [0.2, 0.25) is 0 Å². The number of hydrazine groups is 1. The van der Waals surface area contributed by atoms with Gasteiger partial charge in [0.2, 0.25) is 10.0 Å². The molecule has 1 atom stereocenters. The van der Waals surface area contributed by atoms with Crippen molar-refractivity contribution >= 4 is 39.1 Å². The van der Waals surface area contributed by atoms with Crippen molar-refractivity contribution in [1.82, 2.24) is 5.43 Å². The number of primary sulfonamides is 1. The zero-order chi connectivity index (χ0) is 24.9. The quantitative estimate of drug-likeness (QED) is 0.284. The smallest absolute Gasteiger partial charge is 0.332 e. The van der Waals surface area contributed by atoms with E-state index in [1.165, 1.54) is 17.1 Å². The Bertz CT molecular complexity index is 1190. The van der Waals surface area contributed by atoms with Gasteiger partial charge in [-0.15, -0.1) is 11.6 Å². The van der Waals surface area contributed by atoms with Crippen molar-refractivity contribution in [3.05, 3.63) is 58.9 Å². The fourth-order valence-electron chi connectivity index (χ4n) is 3.33. The van der Waals surface area contributed by atoms with Crippen LogP contribution in [0, 0.1) is 19.7 Å². The maximum atomic E-state index is 14.9. The number of ether oxygens (including phenoxy) is 2. The standard InChI is InChI=1S/C22H26ClFN4O5S/c1-14-3-4-15(2)16(9-14)10-21-26-20(12-33-22(29)13-32-8-7-23)27-28(21)19-6-5-17(11-18(19)24)34(25,30)31/h3-6,9,11,20,27H,7-8,10,12-13H2,1-2H3,(H2,25,30,31). The third-order valence-electron chi connectivity index (χ3n) is 5.03. The van der Waals surface area contributed by atoms with Crippen LogP contribution in [0.1, 0.15) is 16.7 Å². The molecule has 0 aliphatic carbocycles. The lowest BCUT2D eigenvalue weighted by Crippen LogP contribution is -2.43. The lowest BCUT2D eigenvalue weighted by Gasteiger charge is -2.23. The average Bonchev–Trinajstić information content (AvgIpc) is 3.16. The van der Waals surface area contributed by atoms with Crippen molar-refractivity contribution in [2.75, 3.05) is 30.7 Å². The number of carbonyl (C=O) groups is 1. The van der Waals surface area contributed by atoms with Crippen LogP contribution in [0.5, 0.6) is 0 Å². The highest BCUT2D eigenvalue weighted by molar-refractivity contribution is 7.89. The number of carbonyl (C=O) groups excluding carboxylic acids is 1. The minimum atomic E-state index is -4.06. The van der Waals surface area contributed by atoms with Gasteiger partial charge in [0.25, 0.3) is 0 Å². The van der Waals surface area contributed by atoms with Crippen LogP contribution in [0.15, 0.2) is 46.3 Å². The Kier molecular flexibility index (Phi) is 8.61. The number of nitrogens with zero attached hydrogens (tertiary/aromatic N) is 2. The van der Waals surface area contributed by atoms with E-state index in [0.29, 0.717) is 12.3 Å². The molecule has 3 rings (SSSR count). The van der Waals surface area contributed by atoms with E-state index in [0.717, 1.165) is 22.8 Å². The summed E-state index contributed by atoms with van der Waals surface area (Å²) in [5.41, 5.74) is 6.13. The van der Waals surface area contributed by atoms with E-state index in [9.17, 15) is 17.6 Å². The molecule has 0 bridgehead atoms. The van der Waals surface area contributed by atoms with Crippen LogP contribution in [0.25, 0.3) is 0 Å². The van der Waals surface area contributed by atoms with E-state index >= 15 is 0 Å². The molecule has 2 aromatic carbocycles. The molecule has 0 amide bonds. The molecule has 0 saturated carbocycles. The summed E-state index contributed by atoms with van der Waals surface area (Å²) in [6, 6.07) is 9.36. The molecule has 0 spiro atoms. The molecule has 9 nitrogen and oxygen atoms in total. The molecule has 0 fully saturated rings. The van der Waals surface area contributed by atoms with Gasteiger partial charge in [-0.2, -0.15) is 0 Å². The summed E-state index contributed by atoms with van der Waals surface area (Å²) in [6.07, 6.45) is -0.324. The molecule has 1 unspecified atom stereocenters. The first kappa shape index (κ1) is 26.0. The topological polar surface area (TPSA) is 123 Å². The summed E-state index contributed by atoms with van der Waals surface area (Å²) in [5, 5.41) is 6.53. The van der Waals surface area contributed by atoms with E-state index in [1.54, 1.807) is 0 Å². The summed E-state index contributed by atoms with van der Waals surface area (Å²) in [5.74, 6) is -0.663. The van der Waals surface area contributed by atoms with Crippen molar-refractivity contribution in [3.63, 3.8) is 0 Å². The molecule has 1 aliphatic rings. The SMILES string of the molecule is Cc1ccc(C)c(CC2=NC(COC(=O)COCCCl)NN2c2ccc(S(N)(=O)=O)cc2F)c1. The Hall–Kier alpha value is -2.57. The number of hydrogen-bond acceptors (Lipinski definition) is 8. The normalized spacial score (nSPS) is 16.0. The van der Waals surface area contributed by atoms with E-state index in [2.05, 4.69) is 10.4 Å². The van der Waals surface area contributed by atoms with Crippen LogP contribution in [-0.2, 0) is 30.7 Å². The second-order valence-corrected chi connectivity index (χ2v) is 9.65. The van der Waals surface area contributed by atoms with Crippen LogP contribution in [-0.4, -0.2) is 52.1 Å². The molecular formula is C22H26ClFN4O5S. The average molecular weight is 513 g/mol. The van der Waals surface area contributed by atoms with E-state index in [4.69, 9.17) is 26.2 Å². The van der Waals surface area contributed by atoms with Gasteiger partial charge in [-0.05, 0) is 43.2 Å². The number of anilines is 1. The second kappa shape index (κ2) is 11.2. The van der Waals surface area contributed by atoms with Gasteiger partial charge in [0.05, 0.1) is 17.2 Å². The maximum Gasteiger partial charge on any atom is 0.332 e. The van der Waals surface area contributed by atoms with Gasteiger partial charge < -0.3 is 9.47 Å². The number of halogens is 2. The van der Waals surface area contributed by atoms with E-state index in [1.807, 2.05) is 32.0 Å². The molecule has 0 aromatic heterocycles. The van der Waals surface area contributed by atoms with E-state index in [-0.39, 0.29) is 36.3 Å². The van der Waals surface area contributed by atoms with Gasteiger partial charge in [0, 0.05) is 12.3 Å². The van der Waals surface area contributed by atoms with Gasteiger partial charge in [-0.3, -0.25) is 5.01 Å². The fraction of sp³-hybridized carbons (Fsp3) is 0.364. The number of aliphatic imine (C=N–C) groups is 1. The number of hydrogen-bond donors (Lipinski definition) is 2. The highest BCUT2D eigenvalue weighted by Gasteiger charge is 2.29. The number of esters is 1. The number of alkyl halides is 1. The van der Waals surface area contributed by atoms with Crippen molar-refractivity contribution < 1.29 is 27.1 Å². The number of aryl methyl sites for hydroxylation is 2. The summed E-state index contributed by atoms with van der Waals surface area (Å²) in [4.78, 5) is 16.1. The number of amidine groups is 1. The lowest BCUT2D eigenvalue weighted by molar-refractivity contribution is -0.149.